The van der Waals surface area contributed by atoms with Gasteiger partial charge in [-0.2, -0.15) is 0 Å². The van der Waals surface area contributed by atoms with E-state index in [-0.39, 0.29) is 29.6 Å². The van der Waals surface area contributed by atoms with Crippen LogP contribution in [0.1, 0.15) is 37.3 Å². The van der Waals surface area contributed by atoms with E-state index >= 15 is 0 Å². The molecule has 1 saturated carbocycles. The molecule has 35 heavy (non-hydrogen) atoms. The highest BCUT2D eigenvalue weighted by molar-refractivity contribution is 7.91. The molecule has 0 radical (unpaired) electrons. The van der Waals surface area contributed by atoms with Gasteiger partial charge >= 0.3 is 0 Å². The highest BCUT2D eigenvalue weighted by Gasteiger charge is 2.50. The lowest BCUT2D eigenvalue weighted by Gasteiger charge is -2.16. The van der Waals surface area contributed by atoms with Crippen LogP contribution >= 0.6 is 0 Å². The fourth-order valence-electron chi connectivity index (χ4n) is 4.56. The van der Waals surface area contributed by atoms with E-state index in [1.165, 1.54) is 0 Å². The Balaban J connectivity index is 1.31. The minimum absolute atomic E-state index is 0.0905. The first-order valence-corrected chi connectivity index (χ1v) is 13.5. The molecular weight excluding hydrogens is 464 g/mol. The first-order chi connectivity index (χ1) is 16.8. The van der Waals surface area contributed by atoms with Crippen LogP contribution in [-0.2, 0) is 26.5 Å². The number of carbonyl (C=O) groups is 1. The Hall–Kier alpha value is -3.16. The summed E-state index contributed by atoms with van der Waals surface area (Å²) in [5.74, 6) is 1.51. The number of ether oxygens (including phenoxy) is 2. The third-order valence-electron chi connectivity index (χ3n) is 6.85. The van der Waals surface area contributed by atoms with Gasteiger partial charge in [-0.25, -0.2) is 8.42 Å². The van der Waals surface area contributed by atoms with Gasteiger partial charge in [0, 0.05) is 6.42 Å². The average molecular weight is 493 g/mol. The van der Waals surface area contributed by atoms with E-state index in [9.17, 15) is 18.3 Å². The zero-order valence-electron chi connectivity index (χ0n) is 19.6. The Morgan fingerprint density at radius 2 is 1.71 bits per heavy atom. The highest BCUT2D eigenvalue weighted by atomic mass is 32.2. The molecule has 0 saturated heterocycles. The largest absolute Gasteiger partial charge is 0.454 e. The highest BCUT2D eigenvalue weighted by Crippen LogP contribution is 2.51. The molecule has 1 fully saturated rings. The third-order valence-corrected chi connectivity index (χ3v) is 8.62. The molecule has 0 bridgehead atoms. The number of Topliss-reactive ketones (excluding diaryl/α,β-unsaturated/α-hetero) is 1. The summed E-state index contributed by atoms with van der Waals surface area (Å²) in [6.45, 7) is 1.79. The van der Waals surface area contributed by atoms with Crippen molar-refractivity contribution in [2.45, 2.75) is 49.0 Å². The lowest BCUT2D eigenvalue weighted by atomic mass is 9.87. The van der Waals surface area contributed by atoms with Crippen LogP contribution < -0.4 is 9.47 Å². The van der Waals surface area contributed by atoms with Crippen LogP contribution in [0.5, 0.6) is 11.5 Å². The van der Waals surface area contributed by atoms with E-state index in [0.717, 1.165) is 35.1 Å². The Kier molecular flexibility index (Phi) is 6.15. The summed E-state index contributed by atoms with van der Waals surface area (Å²) in [6.07, 6.45) is 1.53. The molecule has 5 rings (SSSR count). The standard InChI is InChI=1S/C28H28O6S/c1-19(29)11-14-35(31,32)24-8-5-21(6-9-24)22-4-2-3-20(15-22)16-27(30)28(12-13-28)23-7-10-25-26(17-23)34-18-33-25/h2-10,15,17,19,29H,11-14,16,18H2,1H3. The van der Waals surface area contributed by atoms with Crippen LogP contribution in [-0.4, -0.2) is 38.0 Å². The fraction of sp³-hybridized carbons (Fsp3) is 0.321. The van der Waals surface area contributed by atoms with Crippen LogP contribution in [0, 0.1) is 0 Å². The molecule has 0 aromatic heterocycles. The zero-order chi connectivity index (χ0) is 24.6. The van der Waals surface area contributed by atoms with Gasteiger partial charge in [-0.15, -0.1) is 0 Å². The van der Waals surface area contributed by atoms with Crippen LogP contribution in [0.3, 0.4) is 0 Å². The molecule has 7 heteroatoms. The van der Waals surface area contributed by atoms with E-state index in [2.05, 4.69) is 0 Å². The van der Waals surface area contributed by atoms with E-state index in [1.807, 2.05) is 42.5 Å². The monoisotopic (exact) mass is 492 g/mol. The number of fused-ring (bicyclic) bond motifs is 1. The van der Waals surface area contributed by atoms with Crippen molar-refractivity contribution in [2.75, 3.05) is 12.5 Å². The maximum Gasteiger partial charge on any atom is 0.231 e. The maximum atomic E-state index is 13.4. The van der Waals surface area contributed by atoms with Crippen molar-refractivity contribution in [3.05, 3.63) is 77.9 Å². The van der Waals surface area contributed by atoms with E-state index in [1.54, 1.807) is 31.2 Å². The molecule has 1 aliphatic heterocycles. The van der Waals surface area contributed by atoms with Crippen molar-refractivity contribution >= 4 is 15.6 Å². The normalized spacial score (nSPS) is 16.6. The third kappa shape index (κ3) is 4.83. The molecule has 1 unspecified atom stereocenters. The lowest BCUT2D eigenvalue weighted by molar-refractivity contribution is -0.120. The number of benzene rings is 3. The van der Waals surface area contributed by atoms with Gasteiger partial charge < -0.3 is 14.6 Å². The first kappa shape index (κ1) is 23.6. The quantitative estimate of drug-likeness (QED) is 0.474. The molecular formula is C28H28O6S. The zero-order valence-corrected chi connectivity index (χ0v) is 20.4. The molecule has 182 valence electrons. The topological polar surface area (TPSA) is 89.9 Å². The number of hydrogen-bond donors (Lipinski definition) is 1. The minimum Gasteiger partial charge on any atom is -0.454 e. The molecule has 1 aliphatic carbocycles. The number of aliphatic hydroxyl groups is 1. The van der Waals surface area contributed by atoms with Crippen molar-refractivity contribution in [3.63, 3.8) is 0 Å². The van der Waals surface area contributed by atoms with Crippen molar-refractivity contribution in [2.24, 2.45) is 0 Å². The summed E-state index contributed by atoms with van der Waals surface area (Å²) in [7, 11) is -3.44. The molecule has 3 aromatic rings. The Bertz CT molecular complexity index is 1350. The number of ketones is 1. The van der Waals surface area contributed by atoms with Crippen LogP contribution in [0.15, 0.2) is 71.6 Å². The molecule has 1 N–H and O–H groups in total. The summed E-state index contributed by atoms with van der Waals surface area (Å²) in [5, 5.41) is 9.40. The summed E-state index contributed by atoms with van der Waals surface area (Å²) in [5.41, 5.74) is 3.25. The number of hydrogen-bond acceptors (Lipinski definition) is 6. The van der Waals surface area contributed by atoms with Gasteiger partial charge in [0.15, 0.2) is 21.3 Å². The molecule has 0 spiro atoms. The maximum absolute atomic E-state index is 13.4. The summed E-state index contributed by atoms with van der Waals surface area (Å²) in [6, 6.07) is 20.4. The van der Waals surface area contributed by atoms with E-state index in [0.29, 0.717) is 17.9 Å². The minimum atomic E-state index is -3.44. The Morgan fingerprint density at radius 1 is 0.971 bits per heavy atom. The number of aliphatic hydroxyl groups excluding tert-OH is 1. The second-order valence-electron chi connectivity index (χ2n) is 9.43. The molecule has 3 aromatic carbocycles. The van der Waals surface area contributed by atoms with Gasteiger partial charge in [0.1, 0.15) is 5.78 Å². The predicted molar refractivity (Wildman–Crippen MR) is 132 cm³/mol. The van der Waals surface area contributed by atoms with E-state index in [4.69, 9.17) is 9.47 Å². The van der Waals surface area contributed by atoms with Gasteiger partial charge in [0.2, 0.25) is 6.79 Å². The van der Waals surface area contributed by atoms with Gasteiger partial charge in [-0.05, 0) is 72.7 Å². The average Bonchev–Trinajstić information content (AvgIpc) is 3.54. The van der Waals surface area contributed by atoms with Crippen molar-refractivity contribution in [1.29, 1.82) is 0 Å². The second-order valence-corrected chi connectivity index (χ2v) is 11.5. The lowest BCUT2D eigenvalue weighted by Crippen LogP contribution is -2.22. The SMILES string of the molecule is CC(O)CCS(=O)(=O)c1ccc(-c2cccc(CC(=O)C3(c4ccc5c(c4)OCO5)CC3)c2)cc1. The first-order valence-electron chi connectivity index (χ1n) is 11.8. The van der Waals surface area contributed by atoms with Crippen LogP contribution in [0.4, 0.5) is 0 Å². The summed E-state index contributed by atoms with van der Waals surface area (Å²) in [4.78, 5) is 13.6. The van der Waals surface area contributed by atoms with Gasteiger partial charge in [-0.3, -0.25) is 4.79 Å². The predicted octanol–water partition coefficient (Wildman–Crippen LogP) is 4.47. The van der Waals surface area contributed by atoms with Crippen molar-refractivity contribution in [3.8, 4) is 22.6 Å². The number of sulfone groups is 1. The summed E-state index contributed by atoms with van der Waals surface area (Å²) < 4.78 is 35.8. The van der Waals surface area contributed by atoms with Crippen molar-refractivity contribution in [1.82, 2.24) is 0 Å². The summed E-state index contributed by atoms with van der Waals surface area (Å²) >= 11 is 0. The van der Waals surface area contributed by atoms with Gasteiger partial charge in [0.05, 0.1) is 22.2 Å². The molecule has 6 nitrogen and oxygen atoms in total. The van der Waals surface area contributed by atoms with Gasteiger partial charge in [0.25, 0.3) is 0 Å². The van der Waals surface area contributed by atoms with Gasteiger partial charge in [-0.1, -0.05) is 42.5 Å². The number of rotatable bonds is 9. The van der Waals surface area contributed by atoms with Crippen LogP contribution in [0.25, 0.3) is 11.1 Å². The number of carbonyl (C=O) groups excluding carboxylic acids is 1. The molecule has 2 aliphatic rings. The Labute approximate surface area is 205 Å². The van der Waals surface area contributed by atoms with Crippen LogP contribution in [0.2, 0.25) is 0 Å². The smallest absolute Gasteiger partial charge is 0.231 e. The fourth-order valence-corrected chi connectivity index (χ4v) is 6.00. The molecule has 1 heterocycles. The Morgan fingerprint density at radius 3 is 2.43 bits per heavy atom. The second kappa shape index (κ2) is 9.13. The van der Waals surface area contributed by atoms with E-state index < -0.39 is 21.4 Å². The molecule has 0 amide bonds. The van der Waals surface area contributed by atoms with Crippen molar-refractivity contribution < 1.29 is 27.8 Å². The molecule has 1 atom stereocenters.